The van der Waals surface area contributed by atoms with Crippen molar-refractivity contribution in [1.29, 1.82) is 0 Å². The summed E-state index contributed by atoms with van der Waals surface area (Å²) in [6.45, 7) is 1.66. The van der Waals surface area contributed by atoms with Crippen LogP contribution in [0, 0.1) is 35.0 Å². The van der Waals surface area contributed by atoms with Gasteiger partial charge in [-0.15, -0.1) is 0 Å². The lowest BCUT2D eigenvalue weighted by Crippen LogP contribution is -2.41. The molecule has 0 bridgehead atoms. The lowest BCUT2D eigenvalue weighted by Gasteiger charge is -2.36. The lowest BCUT2D eigenvalue weighted by atomic mass is 9.79. The van der Waals surface area contributed by atoms with Gasteiger partial charge in [-0.3, -0.25) is 0 Å². The molecule has 118 valence electrons. The van der Waals surface area contributed by atoms with Gasteiger partial charge in [-0.1, -0.05) is 19.8 Å². The number of rotatable bonds is 3. The SMILES string of the molecule is CC1CCCC(O)(CNc2c(F)c(F)c(F)c(F)c2F)C1. The highest BCUT2D eigenvalue weighted by molar-refractivity contribution is 5.48. The van der Waals surface area contributed by atoms with Crippen LogP contribution in [0.2, 0.25) is 0 Å². The van der Waals surface area contributed by atoms with E-state index in [1.54, 1.807) is 0 Å². The molecule has 2 unspecified atom stereocenters. The van der Waals surface area contributed by atoms with Gasteiger partial charge < -0.3 is 10.4 Å². The minimum absolute atomic E-state index is 0.238. The largest absolute Gasteiger partial charge is 0.388 e. The highest BCUT2D eigenvalue weighted by atomic mass is 19.2. The highest BCUT2D eigenvalue weighted by Crippen LogP contribution is 2.33. The van der Waals surface area contributed by atoms with Crippen LogP contribution in [0.25, 0.3) is 0 Å². The highest BCUT2D eigenvalue weighted by Gasteiger charge is 2.34. The third-order valence-corrected chi connectivity index (χ3v) is 3.87. The average molecular weight is 309 g/mol. The summed E-state index contributed by atoms with van der Waals surface area (Å²) in [7, 11) is 0. The van der Waals surface area contributed by atoms with Crippen LogP contribution in [0.15, 0.2) is 0 Å². The summed E-state index contributed by atoms with van der Waals surface area (Å²) in [5, 5.41) is 12.5. The van der Waals surface area contributed by atoms with Crippen molar-refractivity contribution < 1.29 is 27.1 Å². The molecule has 1 fully saturated rings. The molecular weight excluding hydrogens is 293 g/mol. The fourth-order valence-corrected chi connectivity index (χ4v) is 2.81. The number of hydrogen-bond acceptors (Lipinski definition) is 2. The molecule has 1 aliphatic rings. The molecular formula is C14H16F5NO. The van der Waals surface area contributed by atoms with Crippen molar-refractivity contribution in [2.75, 3.05) is 11.9 Å². The maximum absolute atomic E-state index is 13.5. The first-order valence-corrected chi connectivity index (χ1v) is 6.73. The molecule has 1 aromatic rings. The first-order valence-electron chi connectivity index (χ1n) is 6.73. The van der Waals surface area contributed by atoms with E-state index in [0.717, 1.165) is 12.8 Å². The molecule has 0 radical (unpaired) electrons. The summed E-state index contributed by atoms with van der Waals surface area (Å²) in [5.74, 6) is -9.79. The standard InChI is InChI=1S/C14H16F5NO/c1-7-3-2-4-14(21,5-7)6-20-13-11(18)9(16)8(15)10(17)12(13)19/h7,20-21H,2-6H2,1H3. The summed E-state index contributed by atoms with van der Waals surface area (Å²) in [4.78, 5) is 0. The van der Waals surface area contributed by atoms with Crippen LogP contribution in [0.3, 0.4) is 0 Å². The molecule has 21 heavy (non-hydrogen) atoms. The van der Waals surface area contributed by atoms with Crippen molar-refractivity contribution in [3.63, 3.8) is 0 Å². The Hall–Kier alpha value is -1.37. The Morgan fingerprint density at radius 3 is 2.10 bits per heavy atom. The Morgan fingerprint density at radius 2 is 1.57 bits per heavy atom. The molecule has 0 saturated heterocycles. The van der Waals surface area contributed by atoms with Crippen LogP contribution >= 0.6 is 0 Å². The van der Waals surface area contributed by atoms with Gasteiger partial charge in [0.2, 0.25) is 5.82 Å². The summed E-state index contributed by atoms with van der Waals surface area (Å²) >= 11 is 0. The molecule has 2 nitrogen and oxygen atoms in total. The van der Waals surface area contributed by atoms with Gasteiger partial charge in [0.25, 0.3) is 0 Å². The summed E-state index contributed by atoms with van der Waals surface area (Å²) < 4.78 is 66.0. The van der Waals surface area contributed by atoms with Gasteiger partial charge in [-0.05, 0) is 18.8 Å². The zero-order chi connectivity index (χ0) is 15.8. The zero-order valence-corrected chi connectivity index (χ0v) is 11.4. The van der Waals surface area contributed by atoms with Gasteiger partial charge in [-0.2, -0.15) is 0 Å². The fourth-order valence-electron chi connectivity index (χ4n) is 2.81. The van der Waals surface area contributed by atoms with E-state index in [4.69, 9.17) is 0 Å². The number of anilines is 1. The molecule has 0 aromatic heterocycles. The zero-order valence-electron chi connectivity index (χ0n) is 11.4. The van der Waals surface area contributed by atoms with E-state index in [-0.39, 0.29) is 12.5 Å². The average Bonchev–Trinajstić information content (AvgIpc) is 2.42. The molecule has 2 atom stereocenters. The van der Waals surface area contributed by atoms with E-state index in [1.165, 1.54) is 0 Å². The van der Waals surface area contributed by atoms with E-state index in [2.05, 4.69) is 5.32 Å². The molecule has 1 aromatic carbocycles. The predicted octanol–water partition coefficient (Wildman–Crippen LogP) is 3.74. The maximum atomic E-state index is 13.5. The molecule has 0 aliphatic heterocycles. The van der Waals surface area contributed by atoms with E-state index < -0.39 is 40.4 Å². The molecule has 2 rings (SSSR count). The summed E-state index contributed by atoms with van der Waals surface area (Å²) in [6.07, 6.45) is 2.51. The van der Waals surface area contributed by atoms with Gasteiger partial charge in [0.05, 0.1) is 5.60 Å². The second-order valence-electron chi connectivity index (χ2n) is 5.72. The fraction of sp³-hybridized carbons (Fsp3) is 0.571. The number of benzene rings is 1. The van der Waals surface area contributed by atoms with Gasteiger partial charge >= 0.3 is 0 Å². The third-order valence-electron chi connectivity index (χ3n) is 3.87. The van der Waals surface area contributed by atoms with Gasteiger partial charge in [-0.25, -0.2) is 22.0 Å². The van der Waals surface area contributed by atoms with E-state index >= 15 is 0 Å². The monoisotopic (exact) mass is 309 g/mol. The van der Waals surface area contributed by atoms with Crippen LogP contribution in [-0.4, -0.2) is 17.3 Å². The second-order valence-corrected chi connectivity index (χ2v) is 5.72. The van der Waals surface area contributed by atoms with Gasteiger partial charge in [0, 0.05) is 6.54 Å². The normalized spacial score (nSPS) is 26.0. The lowest BCUT2D eigenvalue weighted by molar-refractivity contribution is -0.000876. The third kappa shape index (κ3) is 3.12. The smallest absolute Gasteiger partial charge is 0.200 e. The Balaban J connectivity index is 2.21. The number of halogens is 5. The van der Waals surface area contributed by atoms with Crippen LogP contribution in [0.1, 0.15) is 32.6 Å². The Morgan fingerprint density at radius 1 is 1.05 bits per heavy atom. The molecule has 7 heteroatoms. The van der Waals surface area contributed by atoms with Crippen molar-refractivity contribution >= 4 is 5.69 Å². The van der Waals surface area contributed by atoms with Crippen molar-refractivity contribution in [3.05, 3.63) is 29.1 Å². The quantitative estimate of drug-likeness (QED) is 0.506. The van der Waals surface area contributed by atoms with Crippen LogP contribution in [0.5, 0.6) is 0 Å². The molecule has 0 spiro atoms. The number of nitrogens with one attached hydrogen (secondary N) is 1. The Kier molecular flexibility index (Phi) is 4.41. The van der Waals surface area contributed by atoms with Crippen molar-refractivity contribution in [3.8, 4) is 0 Å². The maximum Gasteiger partial charge on any atom is 0.200 e. The Bertz CT molecular complexity index is 522. The first-order chi connectivity index (χ1) is 9.75. The van der Waals surface area contributed by atoms with Crippen LogP contribution in [-0.2, 0) is 0 Å². The predicted molar refractivity (Wildman–Crippen MR) is 67.3 cm³/mol. The molecule has 1 saturated carbocycles. The number of hydrogen-bond donors (Lipinski definition) is 2. The second kappa shape index (κ2) is 5.79. The minimum Gasteiger partial charge on any atom is -0.388 e. The van der Waals surface area contributed by atoms with Gasteiger partial charge in [0.1, 0.15) is 5.69 Å². The first kappa shape index (κ1) is 16.0. The molecule has 2 N–H and O–H groups in total. The minimum atomic E-state index is -2.19. The summed E-state index contributed by atoms with van der Waals surface area (Å²) in [6, 6.07) is 0. The topological polar surface area (TPSA) is 32.3 Å². The number of aliphatic hydroxyl groups is 1. The van der Waals surface area contributed by atoms with Crippen molar-refractivity contribution in [2.24, 2.45) is 5.92 Å². The van der Waals surface area contributed by atoms with Crippen LogP contribution in [0.4, 0.5) is 27.6 Å². The van der Waals surface area contributed by atoms with Crippen LogP contribution < -0.4 is 5.32 Å². The Labute approximate surface area is 119 Å². The van der Waals surface area contributed by atoms with Crippen molar-refractivity contribution in [1.82, 2.24) is 0 Å². The molecule has 1 aliphatic carbocycles. The summed E-state index contributed by atoms with van der Waals surface area (Å²) in [5.41, 5.74) is -2.31. The molecule has 0 amide bonds. The van der Waals surface area contributed by atoms with Crippen molar-refractivity contribution in [2.45, 2.75) is 38.2 Å². The van der Waals surface area contributed by atoms with Gasteiger partial charge in [0.15, 0.2) is 23.3 Å². The van der Waals surface area contributed by atoms with E-state index in [0.29, 0.717) is 12.8 Å². The van der Waals surface area contributed by atoms with E-state index in [1.807, 2.05) is 6.92 Å². The van der Waals surface area contributed by atoms with E-state index in [9.17, 15) is 27.1 Å². The molecule has 0 heterocycles.